The molecule has 1 aromatic carbocycles. The Labute approximate surface area is 128 Å². The summed E-state index contributed by atoms with van der Waals surface area (Å²) in [6.45, 7) is 5.48. The van der Waals surface area contributed by atoms with E-state index in [-0.39, 0.29) is 12.0 Å². The van der Waals surface area contributed by atoms with Gasteiger partial charge in [0.2, 0.25) is 0 Å². The van der Waals surface area contributed by atoms with Crippen LogP contribution in [0.3, 0.4) is 0 Å². The minimum absolute atomic E-state index is 0.175. The Balaban J connectivity index is 1.99. The van der Waals surface area contributed by atoms with Crippen molar-refractivity contribution in [3.63, 3.8) is 0 Å². The van der Waals surface area contributed by atoms with E-state index >= 15 is 0 Å². The Bertz CT molecular complexity index is 662. The molecule has 0 radical (unpaired) electrons. The van der Waals surface area contributed by atoms with Gasteiger partial charge in [0.1, 0.15) is 0 Å². The lowest BCUT2D eigenvalue weighted by molar-refractivity contribution is 0.249. The Kier molecular flexibility index (Phi) is 4.70. The smallest absolute Gasteiger partial charge is 0.322 e. The first-order valence-electron chi connectivity index (χ1n) is 6.46. The standard InChI is InChI=1S/C14H16ClN5O/c1-8-9(2)19-20-13(16-8)18-14(21)17-10(3)11-5-4-6-12(15)7-11/h4-7,10H,1-3H3,(H2,16,17,18,20,21)/t10-/m0/s1. The lowest BCUT2D eigenvalue weighted by Gasteiger charge is -2.14. The van der Waals surface area contributed by atoms with E-state index in [1.54, 1.807) is 19.1 Å². The molecule has 0 aliphatic heterocycles. The first-order chi connectivity index (χ1) is 9.95. The molecule has 0 saturated heterocycles. The summed E-state index contributed by atoms with van der Waals surface area (Å²) in [5, 5.41) is 13.7. The zero-order chi connectivity index (χ0) is 15.4. The van der Waals surface area contributed by atoms with Gasteiger partial charge in [-0.25, -0.2) is 9.78 Å². The molecule has 7 heteroatoms. The maximum atomic E-state index is 11.9. The predicted molar refractivity (Wildman–Crippen MR) is 81.3 cm³/mol. The van der Waals surface area contributed by atoms with Crippen LogP contribution in [0.25, 0.3) is 0 Å². The molecule has 1 atom stereocenters. The first kappa shape index (κ1) is 15.2. The minimum atomic E-state index is -0.396. The Morgan fingerprint density at radius 3 is 2.67 bits per heavy atom. The first-order valence-corrected chi connectivity index (χ1v) is 6.84. The largest absolute Gasteiger partial charge is 0.331 e. The van der Waals surface area contributed by atoms with Gasteiger partial charge in [-0.05, 0) is 38.5 Å². The van der Waals surface area contributed by atoms with Gasteiger partial charge in [0.05, 0.1) is 17.4 Å². The number of carbonyl (C=O) groups excluding carboxylic acids is 1. The van der Waals surface area contributed by atoms with E-state index in [0.717, 1.165) is 17.0 Å². The van der Waals surface area contributed by atoms with Crippen molar-refractivity contribution >= 4 is 23.6 Å². The molecule has 0 aliphatic carbocycles. The third-order valence-corrected chi connectivity index (χ3v) is 3.25. The fraction of sp³-hybridized carbons (Fsp3) is 0.286. The topological polar surface area (TPSA) is 79.8 Å². The van der Waals surface area contributed by atoms with Crippen molar-refractivity contribution in [3.05, 3.63) is 46.2 Å². The zero-order valence-corrected chi connectivity index (χ0v) is 12.8. The van der Waals surface area contributed by atoms with Gasteiger partial charge in [-0.1, -0.05) is 23.7 Å². The van der Waals surface area contributed by atoms with E-state index in [2.05, 4.69) is 25.8 Å². The summed E-state index contributed by atoms with van der Waals surface area (Å²) in [5.41, 5.74) is 2.37. The average molecular weight is 306 g/mol. The van der Waals surface area contributed by atoms with Crippen LogP contribution in [0.1, 0.15) is 29.9 Å². The van der Waals surface area contributed by atoms with Crippen molar-refractivity contribution in [2.45, 2.75) is 26.8 Å². The number of aromatic nitrogens is 3. The molecule has 21 heavy (non-hydrogen) atoms. The maximum Gasteiger partial charge on any atom is 0.322 e. The van der Waals surface area contributed by atoms with Crippen LogP contribution in [0.15, 0.2) is 24.3 Å². The molecule has 2 N–H and O–H groups in total. The van der Waals surface area contributed by atoms with E-state index in [9.17, 15) is 4.79 Å². The summed E-state index contributed by atoms with van der Waals surface area (Å²) in [4.78, 5) is 16.1. The number of carbonyl (C=O) groups is 1. The van der Waals surface area contributed by atoms with Crippen molar-refractivity contribution in [2.75, 3.05) is 5.32 Å². The van der Waals surface area contributed by atoms with E-state index in [1.807, 2.05) is 26.0 Å². The average Bonchev–Trinajstić information content (AvgIpc) is 2.43. The molecule has 0 saturated carbocycles. The number of urea groups is 1. The lowest BCUT2D eigenvalue weighted by Crippen LogP contribution is -2.32. The number of anilines is 1. The molecule has 2 amide bonds. The Hall–Kier alpha value is -2.21. The Morgan fingerprint density at radius 1 is 1.24 bits per heavy atom. The third-order valence-electron chi connectivity index (χ3n) is 3.01. The number of hydrogen-bond acceptors (Lipinski definition) is 4. The normalized spacial score (nSPS) is 11.8. The maximum absolute atomic E-state index is 11.9. The number of benzene rings is 1. The summed E-state index contributed by atoms with van der Waals surface area (Å²) in [6, 6.07) is 6.73. The summed E-state index contributed by atoms with van der Waals surface area (Å²) in [7, 11) is 0. The predicted octanol–water partition coefficient (Wildman–Crippen LogP) is 3.02. The number of nitrogens with one attached hydrogen (secondary N) is 2. The molecule has 0 spiro atoms. The van der Waals surface area contributed by atoms with E-state index in [0.29, 0.717) is 5.02 Å². The van der Waals surface area contributed by atoms with Crippen LogP contribution in [0.4, 0.5) is 10.7 Å². The molecule has 110 valence electrons. The SMILES string of the molecule is Cc1nnc(NC(=O)N[C@@H](C)c2cccc(Cl)c2)nc1C. The monoisotopic (exact) mass is 305 g/mol. The number of halogens is 1. The molecule has 0 unspecified atom stereocenters. The molecule has 2 aromatic rings. The second-order valence-corrected chi connectivity index (χ2v) is 5.12. The molecule has 2 rings (SSSR count). The molecular formula is C14H16ClN5O. The van der Waals surface area contributed by atoms with E-state index in [4.69, 9.17) is 11.6 Å². The lowest BCUT2D eigenvalue weighted by atomic mass is 10.1. The highest BCUT2D eigenvalue weighted by molar-refractivity contribution is 6.30. The summed E-state index contributed by atoms with van der Waals surface area (Å²) in [5.74, 6) is 0.175. The molecule has 0 bridgehead atoms. The fourth-order valence-electron chi connectivity index (χ4n) is 1.70. The van der Waals surface area contributed by atoms with Crippen LogP contribution in [0, 0.1) is 13.8 Å². The van der Waals surface area contributed by atoms with Crippen LogP contribution in [-0.2, 0) is 0 Å². The molecule has 1 aromatic heterocycles. The summed E-state index contributed by atoms with van der Waals surface area (Å²) < 4.78 is 0. The number of hydrogen-bond donors (Lipinski definition) is 2. The minimum Gasteiger partial charge on any atom is -0.331 e. The van der Waals surface area contributed by atoms with Gasteiger partial charge in [0.25, 0.3) is 5.95 Å². The second-order valence-electron chi connectivity index (χ2n) is 4.68. The van der Waals surface area contributed by atoms with Crippen LogP contribution in [-0.4, -0.2) is 21.2 Å². The zero-order valence-electron chi connectivity index (χ0n) is 12.0. The number of nitrogens with zero attached hydrogens (tertiary/aromatic N) is 3. The van der Waals surface area contributed by atoms with Crippen LogP contribution >= 0.6 is 11.6 Å². The van der Waals surface area contributed by atoms with Crippen molar-refractivity contribution in [1.29, 1.82) is 0 Å². The van der Waals surface area contributed by atoms with Crippen molar-refractivity contribution in [1.82, 2.24) is 20.5 Å². The fourth-order valence-corrected chi connectivity index (χ4v) is 1.90. The third kappa shape index (κ3) is 4.13. The van der Waals surface area contributed by atoms with Crippen molar-refractivity contribution in [3.8, 4) is 0 Å². The quantitative estimate of drug-likeness (QED) is 0.913. The molecule has 6 nitrogen and oxygen atoms in total. The van der Waals surface area contributed by atoms with Gasteiger partial charge < -0.3 is 5.32 Å². The number of aryl methyl sites for hydroxylation is 2. The van der Waals surface area contributed by atoms with Gasteiger partial charge >= 0.3 is 6.03 Å². The molecule has 1 heterocycles. The van der Waals surface area contributed by atoms with Gasteiger partial charge in [-0.3, -0.25) is 5.32 Å². The van der Waals surface area contributed by atoms with Crippen LogP contribution < -0.4 is 10.6 Å². The van der Waals surface area contributed by atoms with Crippen molar-refractivity contribution in [2.24, 2.45) is 0 Å². The summed E-state index contributed by atoms with van der Waals surface area (Å²) >= 11 is 5.93. The number of amides is 2. The summed E-state index contributed by atoms with van der Waals surface area (Å²) in [6.07, 6.45) is 0. The van der Waals surface area contributed by atoms with Gasteiger partial charge in [0.15, 0.2) is 0 Å². The highest BCUT2D eigenvalue weighted by atomic mass is 35.5. The second kappa shape index (κ2) is 6.49. The molecular weight excluding hydrogens is 290 g/mol. The molecule has 0 fully saturated rings. The van der Waals surface area contributed by atoms with Crippen LogP contribution in [0.5, 0.6) is 0 Å². The number of rotatable bonds is 3. The highest BCUT2D eigenvalue weighted by Crippen LogP contribution is 2.17. The molecule has 0 aliphatic rings. The van der Waals surface area contributed by atoms with Gasteiger partial charge in [-0.15, -0.1) is 5.10 Å². The van der Waals surface area contributed by atoms with Gasteiger partial charge in [-0.2, -0.15) is 5.10 Å². The highest BCUT2D eigenvalue weighted by Gasteiger charge is 2.11. The van der Waals surface area contributed by atoms with Crippen LogP contribution in [0.2, 0.25) is 5.02 Å². The Morgan fingerprint density at radius 2 is 2.00 bits per heavy atom. The van der Waals surface area contributed by atoms with E-state index in [1.165, 1.54) is 0 Å². The van der Waals surface area contributed by atoms with E-state index < -0.39 is 6.03 Å². The van der Waals surface area contributed by atoms with Crippen molar-refractivity contribution < 1.29 is 4.79 Å². The van der Waals surface area contributed by atoms with Gasteiger partial charge in [0, 0.05) is 5.02 Å².